The highest BCUT2D eigenvalue weighted by atomic mass is 32.2. The van der Waals surface area contributed by atoms with Gasteiger partial charge in [0.1, 0.15) is 18.2 Å². The van der Waals surface area contributed by atoms with Crippen LogP contribution >= 0.6 is 11.8 Å². The maximum Gasteiger partial charge on any atom is 0.335 e. The van der Waals surface area contributed by atoms with Gasteiger partial charge in [0.25, 0.3) is 11.1 Å². The van der Waals surface area contributed by atoms with Crippen molar-refractivity contribution in [3.63, 3.8) is 0 Å². The van der Waals surface area contributed by atoms with E-state index in [4.69, 9.17) is 5.11 Å². The second-order valence-corrected chi connectivity index (χ2v) is 6.86. The van der Waals surface area contributed by atoms with Crippen LogP contribution in [0.15, 0.2) is 47.4 Å². The first kappa shape index (κ1) is 20.2. The van der Waals surface area contributed by atoms with Crippen LogP contribution in [-0.2, 0) is 9.59 Å². The molecule has 2 aromatic rings. The molecule has 3 rings (SSSR count). The molecule has 29 heavy (non-hydrogen) atoms. The zero-order valence-corrected chi connectivity index (χ0v) is 15.3. The number of rotatable bonds is 5. The number of hydrogen-bond acceptors (Lipinski definition) is 5. The van der Waals surface area contributed by atoms with Gasteiger partial charge in [-0.15, -0.1) is 0 Å². The van der Waals surface area contributed by atoms with Crippen LogP contribution in [0.2, 0.25) is 0 Å². The molecule has 1 aliphatic rings. The number of amides is 3. The maximum atomic E-state index is 13.6. The van der Waals surface area contributed by atoms with Gasteiger partial charge in [-0.05, 0) is 47.7 Å². The van der Waals surface area contributed by atoms with E-state index in [2.05, 4.69) is 5.32 Å². The summed E-state index contributed by atoms with van der Waals surface area (Å²) in [6.45, 7) is -0.642. The molecule has 10 heteroatoms. The lowest BCUT2D eigenvalue weighted by Crippen LogP contribution is -2.36. The Bertz CT molecular complexity index is 1050. The molecule has 1 aliphatic heterocycles. The van der Waals surface area contributed by atoms with Crippen LogP contribution in [-0.4, -0.2) is 39.6 Å². The molecule has 0 radical (unpaired) electrons. The van der Waals surface area contributed by atoms with Gasteiger partial charge < -0.3 is 10.4 Å². The van der Waals surface area contributed by atoms with Gasteiger partial charge >= 0.3 is 5.97 Å². The fourth-order valence-electron chi connectivity index (χ4n) is 2.43. The second-order valence-electron chi connectivity index (χ2n) is 5.87. The molecule has 0 aromatic heterocycles. The summed E-state index contributed by atoms with van der Waals surface area (Å²) in [7, 11) is 0. The van der Waals surface area contributed by atoms with Crippen LogP contribution in [0.5, 0.6) is 0 Å². The molecule has 0 aliphatic carbocycles. The third kappa shape index (κ3) is 4.66. The van der Waals surface area contributed by atoms with Gasteiger partial charge in [-0.2, -0.15) is 0 Å². The molecule has 0 spiro atoms. The third-order valence-electron chi connectivity index (χ3n) is 3.84. The van der Waals surface area contributed by atoms with Crippen LogP contribution in [0, 0.1) is 11.6 Å². The Morgan fingerprint density at radius 3 is 2.41 bits per heavy atom. The fourth-order valence-corrected chi connectivity index (χ4v) is 3.27. The smallest absolute Gasteiger partial charge is 0.335 e. The average molecular weight is 418 g/mol. The zero-order valence-electron chi connectivity index (χ0n) is 14.5. The van der Waals surface area contributed by atoms with E-state index >= 15 is 0 Å². The van der Waals surface area contributed by atoms with Crippen molar-refractivity contribution in [3.05, 3.63) is 70.1 Å². The average Bonchev–Trinajstić information content (AvgIpc) is 2.92. The van der Waals surface area contributed by atoms with E-state index in [0.29, 0.717) is 28.3 Å². The molecule has 1 fully saturated rings. The van der Waals surface area contributed by atoms with Crippen molar-refractivity contribution in [3.8, 4) is 0 Å². The summed E-state index contributed by atoms with van der Waals surface area (Å²) < 4.78 is 26.5. The number of nitrogens with one attached hydrogen (secondary N) is 1. The molecule has 0 saturated carbocycles. The number of nitrogens with zero attached hydrogens (tertiary/aromatic N) is 1. The lowest BCUT2D eigenvalue weighted by Gasteiger charge is -2.12. The Hall–Kier alpha value is -3.53. The van der Waals surface area contributed by atoms with Gasteiger partial charge in [0.2, 0.25) is 5.91 Å². The molecule has 148 valence electrons. The highest BCUT2D eigenvalue weighted by Gasteiger charge is 2.36. The van der Waals surface area contributed by atoms with E-state index in [-0.39, 0.29) is 16.2 Å². The third-order valence-corrected chi connectivity index (χ3v) is 4.74. The van der Waals surface area contributed by atoms with E-state index in [1.54, 1.807) is 0 Å². The second kappa shape index (κ2) is 8.23. The number of benzene rings is 2. The number of thioether (sulfide) groups is 1. The van der Waals surface area contributed by atoms with Gasteiger partial charge in [-0.1, -0.05) is 12.1 Å². The van der Waals surface area contributed by atoms with Gasteiger partial charge in [-0.3, -0.25) is 19.3 Å². The van der Waals surface area contributed by atoms with Crippen molar-refractivity contribution in [1.29, 1.82) is 0 Å². The Labute approximate surface area is 167 Å². The zero-order chi connectivity index (χ0) is 21.1. The van der Waals surface area contributed by atoms with E-state index in [9.17, 15) is 28.0 Å². The molecule has 0 bridgehead atoms. The summed E-state index contributed by atoms with van der Waals surface area (Å²) in [5.41, 5.74) is 0.288. The van der Waals surface area contributed by atoms with Crippen LogP contribution in [0.3, 0.4) is 0 Å². The first-order valence-electron chi connectivity index (χ1n) is 8.08. The molecule has 1 heterocycles. The standard InChI is InChI=1S/C19H12F2N2O5S/c20-12-5-6-14(13(21)8-12)22-16(24)9-23-17(25)15(29-19(23)28)7-10-1-3-11(4-2-10)18(26)27/h1-8H,9H2,(H,22,24)(H,26,27). The highest BCUT2D eigenvalue weighted by Crippen LogP contribution is 2.32. The minimum Gasteiger partial charge on any atom is -0.478 e. The number of carboxylic acids is 1. The maximum absolute atomic E-state index is 13.6. The molecule has 0 atom stereocenters. The number of hydrogen-bond donors (Lipinski definition) is 2. The van der Waals surface area contributed by atoms with Gasteiger partial charge in [0.05, 0.1) is 16.2 Å². The molecule has 2 aromatic carbocycles. The number of imide groups is 1. The van der Waals surface area contributed by atoms with Crippen LogP contribution in [0.1, 0.15) is 15.9 Å². The number of halogens is 2. The van der Waals surface area contributed by atoms with Gasteiger partial charge in [0, 0.05) is 6.07 Å². The molecule has 7 nitrogen and oxygen atoms in total. The van der Waals surface area contributed by atoms with Crippen LogP contribution in [0.4, 0.5) is 19.3 Å². The summed E-state index contributed by atoms with van der Waals surface area (Å²) in [6, 6.07) is 8.22. The number of carboxylic acid groups (broad SMARTS) is 1. The monoisotopic (exact) mass is 418 g/mol. The predicted molar refractivity (Wildman–Crippen MR) is 101 cm³/mol. The normalized spacial score (nSPS) is 15.1. The fraction of sp³-hybridized carbons (Fsp3) is 0.0526. The molecular weight excluding hydrogens is 406 g/mol. The Morgan fingerprint density at radius 2 is 1.79 bits per heavy atom. The molecule has 3 amide bonds. The lowest BCUT2D eigenvalue weighted by molar-refractivity contribution is -0.127. The first-order chi connectivity index (χ1) is 13.7. The van der Waals surface area contributed by atoms with Gasteiger partial charge in [0.15, 0.2) is 0 Å². The van der Waals surface area contributed by atoms with Crippen molar-refractivity contribution in [2.45, 2.75) is 0 Å². The summed E-state index contributed by atoms with van der Waals surface area (Å²) in [6.07, 6.45) is 1.40. The summed E-state index contributed by atoms with van der Waals surface area (Å²) in [5, 5.41) is 10.4. The Balaban J connectivity index is 1.69. The minimum absolute atomic E-state index is 0.0545. The summed E-state index contributed by atoms with van der Waals surface area (Å²) in [5.74, 6) is -4.44. The van der Waals surface area contributed by atoms with E-state index in [1.807, 2.05) is 0 Å². The summed E-state index contributed by atoms with van der Waals surface area (Å²) in [4.78, 5) is 48.2. The Morgan fingerprint density at radius 1 is 1.10 bits per heavy atom. The highest BCUT2D eigenvalue weighted by molar-refractivity contribution is 8.18. The lowest BCUT2D eigenvalue weighted by atomic mass is 10.1. The largest absolute Gasteiger partial charge is 0.478 e. The van der Waals surface area contributed by atoms with E-state index in [0.717, 1.165) is 12.1 Å². The van der Waals surface area contributed by atoms with Crippen LogP contribution in [0.25, 0.3) is 6.08 Å². The molecule has 2 N–H and O–H groups in total. The molecule has 0 unspecified atom stereocenters. The molecular formula is C19H12F2N2O5S. The topological polar surface area (TPSA) is 104 Å². The van der Waals surface area contributed by atoms with Crippen molar-refractivity contribution in [2.24, 2.45) is 0 Å². The summed E-state index contributed by atoms with van der Waals surface area (Å²) >= 11 is 0.619. The molecule has 1 saturated heterocycles. The van der Waals surface area contributed by atoms with Crippen molar-refractivity contribution in [2.75, 3.05) is 11.9 Å². The first-order valence-corrected chi connectivity index (χ1v) is 8.90. The van der Waals surface area contributed by atoms with Crippen LogP contribution < -0.4 is 5.32 Å². The number of anilines is 1. The van der Waals surface area contributed by atoms with Gasteiger partial charge in [-0.25, -0.2) is 13.6 Å². The van der Waals surface area contributed by atoms with Crippen molar-refractivity contribution >= 4 is 46.5 Å². The van der Waals surface area contributed by atoms with Crippen molar-refractivity contribution < 1.29 is 33.1 Å². The number of carbonyl (C=O) groups is 4. The van der Waals surface area contributed by atoms with E-state index in [1.165, 1.54) is 30.3 Å². The quantitative estimate of drug-likeness (QED) is 0.722. The minimum atomic E-state index is -1.10. The number of carbonyl (C=O) groups excluding carboxylic acids is 3. The van der Waals surface area contributed by atoms with Crippen molar-refractivity contribution in [1.82, 2.24) is 4.90 Å². The number of aromatic carboxylic acids is 1. The Kier molecular flexibility index (Phi) is 5.74. The van der Waals surface area contributed by atoms with E-state index < -0.39 is 41.2 Å². The predicted octanol–water partition coefficient (Wildman–Crippen LogP) is 3.34. The SMILES string of the molecule is O=C(CN1C(=O)SC(=Cc2ccc(C(=O)O)cc2)C1=O)Nc1ccc(F)cc1F.